The second kappa shape index (κ2) is 12.0. The van der Waals surface area contributed by atoms with Crippen LogP contribution in [0.3, 0.4) is 0 Å². The van der Waals surface area contributed by atoms with E-state index < -0.39 is 24.1 Å². The number of aliphatic carboxylic acids is 2. The Hall–Kier alpha value is -3.18. The number of hydrogen-bond acceptors (Lipinski definition) is 8. The molecule has 10 heteroatoms. The number of likely N-dealkylation sites (N-methyl/N-ethyl adjacent to an activating group) is 1. The maximum absolute atomic E-state index is 9.77. The summed E-state index contributed by atoms with van der Waals surface area (Å²) in [6, 6.07) is 16.0. The number of nitrogens with zero attached hydrogens (tertiary/aromatic N) is 1. The van der Waals surface area contributed by atoms with E-state index in [0.717, 1.165) is 31.1 Å². The maximum atomic E-state index is 9.77. The summed E-state index contributed by atoms with van der Waals surface area (Å²) >= 11 is 0. The molecule has 44 heavy (non-hydrogen) atoms. The molecule has 3 fully saturated rings. The Balaban J connectivity index is 0.000000299. The van der Waals surface area contributed by atoms with Crippen molar-refractivity contribution in [2.75, 3.05) is 27.3 Å². The number of carboxylic acid groups (broad SMARTS) is 2. The largest absolute Gasteiger partial charge is 0.493 e. The summed E-state index contributed by atoms with van der Waals surface area (Å²) in [5.41, 5.74) is 4.83. The van der Waals surface area contributed by atoms with Crippen molar-refractivity contribution in [1.29, 1.82) is 0 Å². The van der Waals surface area contributed by atoms with Crippen LogP contribution in [0.4, 0.5) is 0 Å². The Kier molecular flexibility index (Phi) is 8.38. The molecule has 1 spiro atoms. The van der Waals surface area contributed by atoms with Crippen molar-refractivity contribution in [3.05, 3.63) is 59.2 Å². The van der Waals surface area contributed by atoms with Gasteiger partial charge in [-0.2, -0.15) is 0 Å². The molecule has 3 heterocycles. The first-order chi connectivity index (χ1) is 21.1. The van der Waals surface area contributed by atoms with Crippen molar-refractivity contribution in [2.45, 2.75) is 87.2 Å². The highest BCUT2D eigenvalue weighted by molar-refractivity contribution is 5.83. The van der Waals surface area contributed by atoms with Crippen LogP contribution in [0.5, 0.6) is 11.5 Å². The van der Waals surface area contributed by atoms with E-state index >= 15 is 0 Å². The molecule has 0 amide bonds. The fourth-order valence-corrected chi connectivity index (χ4v) is 8.79. The summed E-state index contributed by atoms with van der Waals surface area (Å²) in [6.45, 7) is 2.07. The monoisotopic (exact) mass is 609 g/mol. The number of aliphatic hydroxyl groups excluding tert-OH is 2. The summed E-state index contributed by atoms with van der Waals surface area (Å²) in [5, 5.41) is 32.5. The van der Waals surface area contributed by atoms with E-state index in [4.69, 9.17) is 34.6 Å². The van der Waals surface area contributed by atoms with Gasteiger partial charge in [-0.3, -0.25) is 0 Å². The fraction of sp³-hybridized carbons (Fsp3) is 0.588. The smallest absolute Gasteiger partial charge is 0.335 e. The van der Waals surface area contributed by atoms with Crippen molar-refractivity contribution in [3.8, 4) is 11.5 Å². The number of likely N-dealkylation sites (tertiary alicyclic amines) is 1. The molecule has 2 aromatic carbocycles. The number of carbonyl (C=O) groups is 2. The molecule has 0 aromatic heterocycles. The van der Waals surface area contributed by atoms with E-state index in [2.05, 4.69) is 54.4 Å². The van der Waals surface area contributed by atoms with Crippen molar-refractivity contribution in [3.63, 3.8) is 0 Å². The predicted octanol–water partition coefficient (Wildman–Crippen LogP) is 3.04. The first-order valence-electron chi connectivity index (χ1n) is 15.7. The Morgan fingerprint density at radius 3 is 2.39 bits per heavy atom. The molecule has 2 aromatic rings. The second-order valence-corrected chi connectivity index (χ2v) is 13.2. The van der Waals surface area contributed by atoms with Crippen molar-refractivity contribution < 1.29 is 44.2 Å². The zero-order valence-electron chi connectivity index (χ0n) is 25.4. The van der Waals surface area contributed by atoms with Gasteiger partial charge < -0.3 is 39.5 Å². The van der Waals surface area contributed by atoms with Gasteiger partial charge in [0.25, 0.3) is 0 Å². The van der Waals surface area contributed by atoms with Crippen molar-refractivity contribution in [2.24, 2.45) is 11.3 Å². The highest BCUT2D eigenvalue weighted by atomic mass is 16.6. The standard InChI is InChI=1S/C30H37NO3.C4H6O6/c1-31-16-15-30-22-18-29(14-8-4-7-11-20-9-5-3-6-10-20)19-33-27(29)28(30)34-26-24(32-2)13-12-21(25(26)30)17-23(22)31;5-1(3(7)8)2(6)4(9)10/h3,5-6,9-10,12-13,22-23,27-28H,4,7-8,11,14-19H2,1-2H3;1-2,5-6H,(H,7,8)(H,9,10)/t22?,23?,27-,28?,29-,30?;/m1./s1. The normalized spacial score (nSPS) is 32.0. The molecule has 3 aliphatic heterocycles. The molecule has 8 atom stereocenters. The lowest BCUT2D eigenvalue weighted by Crippen LogP contribution is -2.74. The SMILES string of the molecule is COc1ccc2c3c1OC1[C@H]4OC[C@@]4(CCCCCc4ccccc4)CC4C(C2)N(C)CCC341.O=C(O)C(O)C(O)C(=O)O. The zero-order chi connectivity index (χ0) is 31.2. The number of fused-ring (bicyclic) bond motifs is 2. The van der Waals surface area contributed by atoms with Crippen LogP contribution in [0.15, 0.2) is 42.5 Å². The zero-order valence-corrected chi connectivity index (χ0v) is 25.4. The average molecular weight is 610 g/mol. The Labute approximate surface area is 257 Å². The molecule has 7 rings (SSSR count). The van der Waals surface area contributed by atoms with E-state index in [1.54, 1.807) is 7.11 Å². The lowest BCUT2D eigenvalue weighted by Gasteiger charge is -2.66. The second-order valence-electron chi connectivity index (χ2n) is 13.2. The van der Waals surface area contributed by atoms with Gasteiger partial charge in [0.15, 0.2) is 23.7 Å². The number of benzene rings is 2. The van der Waals surface area contributed by atoms with E-state index in [-0.39, 0.29) is 23.0 Å². The van der Waals surface area contributed by atoms with Crippen molar-refractivity contribution in [1.82, 2.24) is 4.90 Å². The third-order valence-corrected chi connectivity index (χ3v) is 11.0. The van der Waals surface area contributed by atoms with Crippen LogP contribution in [0.1, 0.15) is 55.2 Å². The average Bonchev–Trinajstić information content (AvgIpc) is 3.34. The number of hydrogen-bond donors (Lipinski definition) is 4. The molecule has 2 aliphatic carbocycles. The van der Waals surface area contributed by atoms with Gasteiger partial charge in [0, 0.05) is 22.4 Å². The fourth-order valence-electron chi connectivity index (χ4n) is 8.79. The van der Waals surface area contributed by atoms with Crippen molar-refractivity contribution >= 4 is 11.9 Å². The summed E-state index contributed by atoms with van der Waals surface area (Å²) in [4.78, 5) is 22.2. The lowest BCUT2D eigenvalue weighted by molar-refractivity contribution is -0.279. The number of aliphatic hydroxyl groups is 2. The molecule has 0 radical (unpaired) electrons. The van der Waals surface area contributed by atoms with Crippen LogP contribution >= 0.6 is 0 Å². The van der Waals surface area contributed by atoms with Crippen LogP contribution in [-0.2, 0) is 32.6 Å². The quantitative estimate of drug-likeness (QED) is 0.297. The highest BCUT2D eigenvalue weighted by Crippen LogP contribution is 2.69. The van der Waals surface area contributed by atoms with Gasteiger partial charge in [0.05, 0.1) is 13.7 Å². The number of methoxy groups -OCH3 is 1. The molecule has 238 valence electrons. The Morgan fingerprint density at radius 2 is 1.75 bits per heavy atom. The summed E-state index contributed by atoms with van der Waals surface area (Å²) < 4.78 is 19.1. The maximum Gasteiger partial charge on any atom is 0.335 e. The third-order valence-electron chi connectivity index (χ3n) is 11.0. The van der Waals surface area contributed by atoms with Crippen LogP contribution in [0, 0.1) is 11.3 Å². The number of rotatable bonds is 10. The molecule has 10 nitrogen and oxygen atoms in total. The number of ether oxygens (including phenoxy) is 3. The molecular formula is C34H43NO9. The van der Waals surface area contributed by atoms with Gasteiger partial charge in [-0.05, 0) is 75.2 Å². The van der Waals surface area contributed by atoms with Gasteiger partial charge in [0.2, 0.25) is 0 Å². The molecule has 1 saturated carbocycles. The number of carboxylic acids is 2. The topological polar surface area (TPSA) is 146 Å². The molecule has 5 aliphatic rings. The molecule has 6 unspecified atom stereocenters. The summed E-state index contributed by atoms with van der Waals surface area (Å²) in [6.07, 6.45) is 5.78. The highest BCUT2D eigenvalue weighted by Gasteiger charge is 2.73. The van der Waals surface area contributed by atoms with Gasteiger partial charge in [-0.1, -0.05) is 49.2 Å². The molecular weight excluding hydrogens is 566 g/mol. The molecule has 4 N–H and O–H groups in total. The number of piperidine rings is 1. The van der Waals surface area contributed by atoms with Crippen LogP contribution in [0.25, 0.3) is 0 Å². The minimum Gasteiger partial charge on any atom is -0.493 e. The Morgan fingerprint density at radius 1 is 1.02 bits per heavy atom. The molecule has 2 saturated heterocycles. The first kappa shape index (κ1) is 30.8. The molecule has 2 bridgehead atoms. The van der Waals surface area contributed by atoms with Gasteiger partial charge >= 0.3 is 11.9 Å². The third kappa shape index (κ3) is 4.96. The van der Waals surface area contributed by atoms with Crippen LogP contribution in [0.2, 0.25) is 0 Å². The summed E-state index contributed by atoms with van der Waals surface area (Å²) in [5.74, 6) is -0.942. The predicted molar refractivity (Wildman–Crippen MR) is 160 cm³/mol. The minimum absolute atomic E-state index is 0.108. The van der Waals surface area contributed by atoms with Gasteiger partial charge in [0.1, 0.15) is 12.2 Å². The number of aryl methyl sites for hydroxylation is 1. The Bertz CT molecular complexity index is 1370. The van der Waals surface area contributed by atoms with E-state index in [0.29, 0.717) is 12.0 Å². The van der Waals surface area contributed by atoms with E-state index in [9.17, 15) is 9.59 Å². The van der Waals surface area contributed by atoms with Gasteiger partial charge in [-0.25, -0.2) is 9.59 Å². The minimum atomic E-state index is -2.27. The van der Waals surface area contributed by atoms with Crippen LogP contribution < -0.4 is 9.47 Å². The van der Waals surface area contributed by atoms with Crippen LogP contribution in [-0.4, -0.2) is 95.0 Å². The number of unbranched alkanes of at least 4 members (excludes halogenated alkanes) is 2. The van der Waals surface area contributed by atoms with E-state index in [1.165, 1.54) is 61.6 Å². The lowest BCUT2D eigenvalue weighted by atomic mass is 9.45. The van der Waals surface area contributed by atoms with E-state index in [1.807, 2.05) is 0 Å². The summed E-state index contributed by atoms with van der Waals surface area (Å²) in [7, 11) is 4.12. The van der Waals surface area contributed by atoms with Gasteiger partial charge in [-0.15, -0.1) is 0 Å². The first-order valence-corrected chi connectivity index (χ1v) is 15.7.